The number of rotatable bonds is 3. The fourth-order valence-corrected chi connectivity index (χ4v) is 6.77. The first-order chi connectivity index (χ1) is 11.2. The lowest BCUT2D eigenvalue weighted by Gasteiger charge is -2.40. The van der Waals surface area contributed by atoms with Crippen LogP contribution in [0, 0.1) is 9.49 Å². The molecule has 5 rings (SSSR count). The smallest absolute Gasteiger partial charge is 0.146 e. The van der Waals surface area contributed by atoms with Gasteiger partial charge in [-0.15, -0.1) is 0 Å². The van der Waals surface area contributed by atoms with Gasteiger partial charge in [0.25, 0.3) is 0 Å². The zero-order valence-electron chi connectivity index (χ0n) is 12.9. The quantitative estimate of drug-likeness (QED) is 0.743. The molecule has 1 saturated carbocycles. The third kappa shape index (κ3) is 2.38. The molecule has 5 nitrogen and oxygen atoms in total. The monoisotopic (exact) mass is 441 g/mol. The Kier molecular flexibility index (Phi) is 3.52. The van der Waals surface area contributed by atoms with Gasteiger partial charge in [0.15, 0.2) is 0 Å². The van der Waals surface area contributed by atoms with Crippen molar-refractivity contribution in [3.05, 3.63) is 16.1 Å². The summed E-state index contributed by atoms with van der Waals surface area (Å²) in [6.45, 7) is 2.62. The first-order valence-electron chi connectivity index (χ1n) is 8.31. The number of nitrogen functional groups attached to an aromatic ring is 1. The molecule has 23 heavy (non-hydrogen) atoms. The molecule has 2 aliphatic heterocycles. The lowest BCUT2D eigenvalue weighted by molar-refractivity contribution is 0.127. The molecule has 0 unspecified atom stereocenters. The maximum absolute atomic E-state index is 6.02. The zero-order chi connectivity index (χ0) is 15.6. The Morgan fingerprint density at radius 1 is 1.26 bits per heavy atom. The molecule has 4 heterocycles. The summed E-state index contributed by atoms with van der Waals surface area (Å²) < 4.78 is 3.49. The summed E-state index contributed by atoms with van der Waals surface area (Å²) in [5, 5.41) is 1.94. The highest BCUT2D eigenvalue weighted by atomic mass is 127. The molecule has 3 aliphatic rings. The van der Waals surface area contributed by atoms with E-state index in [1.54, 1.807) is 6.33 Å². The molecule has 3 fully saturated rings. The van der Waals surface area contributed by atoms with Gasteiger partial charge < -0.3 is 10.3 Å². The van der Waals surface area contributed by atoms with Gasteiger partial charge in [0.2, 0.25) is 0 Å². The zero-order valence-corrected chi connectivity index (χ0v) is 15.8. The number of fused-ring (bicyclic) bond motifs is 3. The van der Waals surface area contributed by atoms with Crippen molar-refractivity contribution < 1.29 is 0 Å². The minimum Gasteiger partial charge on any atom is -0.383 e. The Labute approximate surface area is 153 Å². The topological polar surface area (TPSA) is 60.0 Å². The van der Waals surface area contributed by atoms with E-state index < -0.39 is 0 Å². The molecule has 0 spiro atoms. The van der Waals surface area contributed by atoms with Crippen LogP contribution in [0.1, 0.15) is 25.3 Å². The Hall–Kier alpha value is -0.540. The highest BCUT2D eigenvalue weighted by Gasteiger charge is 2.41. The fourth-order valence-electron chi connectivity index (χ4n) is 4.45. The number of aromatic nitrogens is 3. The van der Waals surface area contributed by atoms with Crippen LogP contribution in [0.4, 0.5) is 5.82 Å². The number of nitrogens with zero attached hydrogens (tertiary/aromatic N) is 4. The first-order valence-corrected chi connectivity index (χ1v) is 10.4. The molecule has 1 aliphatic carbocycles. The normalized spacial score (nSPS) is 33.4. The highest BCUT2D eigenvalue weighted by molar-refractivity contribution is 14.1. The van der Waals surface area contributed by atoms with E-state index in [1.165, 1.54) is 38.1 Å². The second-order valence-corrected chi connectivity index (χ2v) is 9.63. The van der Waals surface area contributed by atoms with E-state index in [9.17, 15) is 0 Å². The molecule has 0 radical (unpaired) electrons. The third-order valence-electron chi connectivity index (χ3n) is 5.70. The van der Waals surface area contributed by atoms with E-state index in [0.717, 1.165) is 31.8 Å². The molecular weight excluding hydrogens is 421 g/mol. The van der Waals surface area contributed by atoms with Gasteiger partial charge in [0, 0.05) is 45.9 Å². The van der Waals surface area contributed by atoms with Crippen LogP contribution in [-0.4, -0.2) is 49.6 Å². The molecule has 122 valence electrons. The standard InChI is InChI=1S/C16H20IN5S/c17-13-6-22(16-14(13)15(18)19-8-20-16)10-1-9(2-10)4-21-5-12-3-11(21)7-23-12/h6,8-12H,1-5,7H2,(H2,18,19,20)/t9-,10+,11-,12-/m0/s1. The van der Waals surface area contributed by atoms with Crippen LogP contribution in [-0.2, 0) is 0 Å². The molecule has 2 saturated heterocycles. The number of nitrogens with two attached hydrogens (primary N) is 1. The number of halogens is 1. The van der Waals surface area contributed by atoms with Crippen LogP contribution in [0.5, 0.6) is 0 Å². The van der Waals surface area contributed by atoms with Crippen molar-refractivity contribution >= 4 is 51.2 Å². The van der Waals surface area contributed by atoms with Gasteiger partial charge in [-0.05, 0) is 47.8 Å². The Morgan fingerprint density at radius 2 is 2.13 bits per heavy atom. The lowest BCUT2D eigenvalue weighted by Crippen LogP contribution is -2.41. The third-order valence-corrected chi connectivity index (χ3v) is 7.91. The van der Waals surface area contributed by atoms with E-state index >= 15 is 0 Å². The van der Waals surface area contributed by atoms with Crippen molar-refractivity contribution in [1.82, 2.24) is 19.4 Å². The summed E-state index contributed by atoms with van der Waals surface area (Å²) in [6.07, 6.45) is 7.75. The summed E-state index contributed by atoms with van der Waals surface area (Å²) in [5.41, 5.74) is 7.02. The van der Waals surface area contributed by atoms with Crippen molar-refractivity contribution in [2.75, 3.05) is 24.6 Å². The maximum atomic E-state index is 6.02. The largest absolute Gasteiger partial charge is 0.383 e. The average Bonchev–Trinajstić information content (AvgIpc) is 3.17. The molecule has 2 atom stereocenters. The van der Waals surface area contributed by atoms with Gasteiger partial charge in [-0.25, -0.2) is 9.97 Å². The Balaban J connectivity index is 1.29. The minimum atomic E-state index is 0.578. The van der Waals surface area contributed by atoms with Gasteiger partial charge in [-0.2, -0.15) is 11.8 Å². The van der Waals surface area contributed by atoms with E-state index in [-0.39, 0.29) is 0 Å². The van der Waals surface area contributed by atoms with Gasteiger partial charge >= 0.3 is 0 Å². The van der Waals surface area contributed by atoms with Crippen molar-refractivity contribution in [2.45, 2.75) is 36.6 Å². The van der Waals surface area contributed by atoms with Gasteiger partial charge in [0.05, 0.1) is 5.39 Å². The second-order valence-electron chi connectivity index (χ2n) is 7.13. The summed E-state index contributed by atoms with van der Waals surface area (Å²) in [6, 6.07) is 1.44. The number of anilines is 1. The number of likely N-dealkylation sites (tertiary alicyclic amines) is 1. The predicted molar refractivity (Wildman–Crippen MR) is 103 cm³/mol. The average molecular weight is 441 g/mol. The number of thioether (sulfide) groups is 1. The summed E-state index contributed by atoms with van der Waals surface area (Å²) in [7, 11) is 0. The fraction of sp³-hybridized carbons (Fsp3) is 0.625. The van der Waals surface area contributed by atoms with Crippen LogP contribution in [0.2, 0.25) is 0 Å². The van der Waals surface area contributed by atoms with Crippen molar-refractivity contribution in [3.8, 4) is 0 Å². The van der Waals surface area contributed by atoms with E-state index in [0.29, 0.717) is 11.9 Å². The van der Waals surface area contributed by atoms with Crippen molar-refractivity contribution in [1.29, 1.82) is 0 Å². The van der Waals surface area contributed by atoms with Crippen LogP contribution in [0.15, 0.2) is 12.5 Å². The Morgan fingerprint density at radius 3 is 2.87 bits per heavy atom. The SMILES string of the molecule is Nc1ncnc2c1c(I)cn2[C@H]1C[C@@H](CN2C[C@@H]3C[C@H]2CS3)C1. The molecular formula is C16H20IN5S. The second kappa shape index (κ2) is 5.49. The van der Waals surface area contributed by atoms with Crippen molar-refractivity contribution in [2.24, 2.45) is 5.92 Å². The predicted octanol–water partition coefficient (Wildman–Crippen LogP) is 2.76. The minimum absolute atomic E-state index is 0.578. The summed E-state index contributed by atoms with van der Waals surface area (Å²) >= 11 is 4.52. The highest BCUT2D eigenvalue weighted by Crippen LogP contribution is 2.44. The number of hydrogen-bond donors (Lipinski definition) is 1. The van der Waals surface area contributed by atoms with E-state index in [2.05, 4.69) is 60.0 Å². The van der Waals surface area contributed by atoms with Gasteiger partial charge in [-0.1, -0.05) is 0 Å². The molecule has 7 heteroatoms. The van der Waals surface area contributed by atoms with E-state index in [4.69, 9.17) is 5.73 Å². The van der Waals surface area contributed by atoms with Crippen LogP contribution < -0.4 is 5.73 Å². The molecule has 0 aromatic carbocycles. The van der Waals surface area contributed by atoms with Crippen LogP contribution in [0.25, 0.3) is 11.0 Å². The lowest BCUT2D eigenvalue weighted by atomic mass is 9.79. The van der Waals surface area contributed by atoms with E-state index in [1.807, 2.05) is 0 Å². The summed E-state index contributed by atoms with van der Waals surface area (Å²) in [4.78, 5) is 11.4. The van der Waals surface area contributed by atoms with Gasteiger partial charge in [0.1, 0.15) is 17.8 Å². The molecule has 2 bridgehead atoms. The van der Waals surface area contributed by atoms with Crippen molar-refractivity contribution in [3.63, 3.8) is 0 Å². The Bertz CT molecular complexity index is 756. The molecule has 2 N–H and O–H groups in total. The summed E-state index contributed by atoms with van der Waals surface area (Å²) in [5.74, 6) is 2.80. The van der Waals surface area contributed by atoms with Crippen LogP contribution in [0.3, 0.4) is 0 Å². The molecule has 2 aromatic heterocycles. The maximum Gasteiger partial charge on any atom is 0.146 e. The van der Waals surface area contributed by atoms with Crippen LogP contribution >= 0.6 is 34.4 Å². The first kappa shape index (κ1) is 14.8. The molecule has 0 amide bonds. The number of hydrogen-bond acceptors (Lipinski definition) is 5. The molecule has 2 aromatic rings. The van der Waals surface area contributed by atoms with Gasteiger partial charge in [-0.3, -0.25) is 4.90 Å².